The Balaban J connectivity index is 1.81. The molecule has 0 aliphatic carbocycles. The van der Waals surface area contributed by atoms with E-state index in [2.05, 4.69) is 5.32 Å². The van der Waals surface area contributed by atoms with Crippen molar-refractivity contribution in [2.24, 2.45) is 0 Å². The predicted octanol–water partition coefficient (Wildman–Crippen LogP) is 3.23. The molecule has 11 heteroatoms. The predicted molar refractivity (Wildman–Crippen MR) is 133 cm³/mol. The number of aryl methyl sites for hydroxylation is 1. The monoisotopic (exact) mass is 489 g/mol. The third kappa shape index (κ3) is 5.60. The number of sulfonamides is 1. The molecule has 10 nitrogen and oxygen atoms in total. The van der Waals surface area contributed by atoms with Crippen LogP contribution >= 0.6 is 0 Å². The highest BCUT2D eigenvalue weighted by molar-refractivity contribution is 7.88. The number of ether oxygens (including phenoxy) is 2. The van der Waals surface area contributed by atoms with Crippen molar-refractivity contribution in [3.8, 4) is 11.5 Å². The summed E-state index contributed by atoms with van der Waals surface area (Å²) in [5.41, 5.74) is 1.89. The van der Waals surface area contributed by atoms with Gasteiger partial charge in [-0.3, -0.25) is 9.30 Å². The first-order valence-electron chi connectivity index (χ1n) is 10.9. The number of fused-ring (bicyclic) bond motifs is 1. The summed E-state index contributed by atoms with van der Waals surface area (Å²) in [6.07, 6.45) is 4.14. The van der Waals surface area contributed by atoms with Crippen molar-refractivity contribution in [1.82, 2.24) is 13.7 Å². The van der Waals surface area contributed by atoms with Gasteiger partial charge in [-0.25, -0.2) is 22.5 Å². The van der Waals surface area contributed by atoms with Crippen molar-refractivity contribution >= 4 is 33.2 Å². The summed E-state index contributed by atoms with van der Waals surface area (Å²) < 4.78 is 37.4. The van der Waals surface area contributed by atoms with E-state index in [0.717, 1.165) is 5.69 Å². The van der Waals surface area contributed by atoms with Crippen LogP contribution in [0.5, 0.6) is 11.5 Å². The Morgan fingerprint density at radius 2 is 1.85 bits per heavy atom. The van der Waals surface area contributed by atoms with Gasteiger partial charge in [-0.15, -0.1) is 0 Å². The van der Waals surface area contributed by atoms with Gasteiger partial charge in [0.15, 0.2) is 11.4 Å². The van der Waals surface area contributed by atoms with Crippen molar-refractivity contribution in [3.05, 3.63) is 48.3 Å². The fraction of sp³-hybridized carbons (Fsp3) is 0.391. The van der Waals surface area contributed by atoms with E-state index in [0.29, 0.717) is 54.6 Å². The van der Waals surface area contributed by atoms with Crippen LogP contribution in [0.3, 0.4) is 0 Å². The standard InChI is InChI=1S/C23H31N5O5S/c1-6-17-22(27(3)23(29)25-18-11-7-8-12-19(18)32-4)28-15-9-13-20(21(28)24-17)33-16-10-14-26(2)34(5,30)31/h7-9,11-13,15H,6,10,14,16H2,1-5H3,(H,25,29). The molecule has 0 unspecified atom stereocenters. The molecule has 3 aromatic rings. The molecule has 0 aliphatic rings. The van der Waals surface area contributed by atoms with Crippen LogP contribution in [-0.2, 0) is 16.4 Å². The third-order valence-electron chi connectivity index (χ3n) is 5.41. The molecule has 1 N–H and O–H groups in total. The Hall–Kier alpha value is -3.31. The number of hydrogen-bond acceptors (Lipinski definition) is 6. The Bertz CT molecular complexity index is 1260. The van der Waals surface area contributed by atoms with Gasteiger partial charge < -0.3 is 14.8 Å². The zero-order valence-corrected chi connectivity index (χ0v) is 20.9. The van der Waals surface area contributed by atoms with E-state index in [4.69, 9.17) is 14.5 Å². The van der Waals surface area contributed by atoms with E-state index in [-0.39, 0.29) is 6.03 Å². The number of amides is 2. The molecule has 2 heterocycles. The minimum Gasteiger partial charge on any atom is -0.495 e. The van der Waals surface area contributed by atoms with Crippen LogP contribution < -0.4 is 19.7 Å². The number of hydrogen-bond donors (Lipinski definition) is 1. The molecule has 34 heavy (non-hydrogen) atoms. The number of urea groups is 1. The van der Waals surface area contributed by atoms with Crippen molar-refractivity contribution in [3.63, 3.8) is 0 Å². The van der Waals surface area contributed by atoms with E-state index in [1.54, 1.807) is 32.4 Å². The summed E-state index contributed by atoms with van der Waals surface area (Å²) in [6.45, 7) is 2.65. The van der Waals surface area contributed by atoms with Crippen LogP contribution in [0, 0.1) is 0 Å². The Kier molecular flexibility index (Phi) is 8.00. The molecule has 0 atom stereocenters. The number of imidazole rings is 1. The lowest BCUT2D eigenvalue weighted by Crippen LogP contribution is -2.32. The van der Waals surface area contributed by atoms with Gasteiger partial charge in [0.1, 0.15) is 11.6 Å². The number of carbonyl (C=O) groups is 1. The second-order valence-corrected chi connectivity index (χ2v) is 9.87. The van der Waals surface area contributed by atoms with E-state index in [1.165, 1.54) is 22.5 Å². The summed E-state index contributed by atoms with van der Waals surface area (Å²) in [4.78, 5) is 19.3. The molecular formula is C23H31N5O5S. The second-order valence-electron chi connectivity index (χ2n) is 7.78. The van der Waals surface area contributed by atoms with Crippen LogP contribution in [0.1, 0.15) is 19.0 Å². The molecule has 1 aromatic carbocycles. The molecule has 0 aliphatic heterocycles. The van der Waals surface area contributed by atoms with Gasteiger partial charge in [0.2, 0.25) is 10.0 Å². The molecule has 0 saturated carbocycles. The van der Waals surface area contributed by atoms with Crippen LogP contribution in [0.4, 0.5) is 16.3 Å². The molecule has 2 amide bonds. The SMILES string of the molecule is CCc1nc2c(OCCCN(C)S(C)(=O)=O)cccn2c1N(C)C(=O)Nc1ccccc1OC. The van der Waals surface area contributed by atoms with E-state index < -0.39 is 10.0 Å². The van der Waals surface area contributed by atoms with E-state index in [1.807, 2.05) is 35.7 Å². The maximum atomic E-state index is 13.1. The molecule has 0 saturated heterocycles. The van der Waals surface area contributed by atoms with Gasteiger partial charge >= 0.3 is 6.03 Å². The van der Waals surface area contributed by atoms with Gasteiger partial charge in [-0.2, -0.15) is 0 Å². The zero-order chi connectivity index (χ0) is 24.9. The fourth-order valence-electron chi connectivity index (χ4n) is 3.46. The molecule has 0 bridgehead atoms. The quantitative estimate of drug-likeness (QED) is 0.439. The number of methoxy groups -OCH3 is 1. The molecule has 2 aromatic heterocycles. The smallest absolute Gasteiger partial charge is 0.327 e. The fourth-order valence-corrected chi connectivity index (χ4v) is 3.92. The number of carbonyl (C=O) groups excluding carboxylic acids is 1. The Morgan fingerprint density at radius 1 is 1.15 bits per heavy atom. The van der Waals surface area contributed by atoms with Gasteiger partial charge in [-0.05, 0) is 37.1 Å². The highest BCUT2D eigenvalue weighted by Gasteiger charge is 2.22. The molecule has 3 rings (SSSR count). The van der Waals surface area contributed by atoms with Gasteiger partial charge in [0.25, 0.3) is 0 Å². The van der Waals surface area contributed by atoms with Crippen LogP contribution in [0.15, 0.2) is 42.6 Å². The van der Waals surface area contributed by atoms with Crippen LogP contribution in [0.2, 0.25) is 0 Å². The average molecular weight is 490 g/mol. The summed E-state index contributed by atoms with van der Waals surface area (Å²) >= 11 is 0. The highest BCUT2D eigenvalue weighted by atomic mass is 32.2. The number of benzene rings is 1. The maximum absolute atomic E-state index is 13.1. The molecular weight excluding hydrogens is 458 g/mol. The number of nitrogens with zero attached hydrogens (tertiary/aromatic N) is 4. The number of para-hydroxylation sites is 2. The number of anilines is 2. The number of nitrogens with one attached hydrogen (secondary N) is 1. The summed E-state index contributed by atoms with van der Waals surface area (Å²) in [6, 6.07) is 10.5. The minimum atomic E-state index is -3.22. The summed E-state index contributed by atoms with van der Waals surface area (Å²) in [5, 5.41) is 2.88. The van der Waals surface area contributed by atoms with Crippen molar-refractivity contribution in [2.45, 2.75) is 19.8 Å². The third-order valence-corrected chi connectivity index (χ3v) is 6.72. The molecule has 0 spiro atoms. The summed E-state index contributed by atoms with van der Waals surface area (Å²) in [5.74, 6) is 1.76. The lowest BCUT2D eigenvalue weighted by molar-refractivity contribution is 0.257. The lowest BCUT2D eigenvalue weighted by Gasteiger charge is -2.20. The van der Waals surface area contributed by atoms with E-state index in [9.17, 15) is 13.2 Å². The highest BCUT2D eigenvalue weighted by Crippen LogP contribution is 2.29. The van der Waals surface area contributed by atoms with Crippen molar-refractivity contribution < 1.29 is 22.7 Å². The Morgan fingerprint density at radius 3 is 2.53 bits per heavy atom. The van der Waals surface area contributed by atoms with Gasteiger partial charge in [-0.1, -0.05) is 19.1 Å². The summed E-state index contributed by atoms with van der Waals surface area (Å²) in [7, 11) is 1.55. The first kappa shape index (κ1) is 25.3. The topological polar surface area (TPSA) is 105 Å². The largest absolute Gasteiger partial charge is 0.495 e. The normalized spacial score (nSPS) is 11.6. The lowest BCUT2D eigenvalue weighted by atomic mass is 10.3. The molecule has 184 valence electrons. The zero-order valence-electron chi connectivity index (χ0n) is 20.1. The van der Waals surface area contributed by atoms with Gasteiger partial charge in [0, 0.05) is 26.8 Å². The van der Waals surface area contributed by atoms with E-state index >= 15 is 0 Å². The maximum Gasteiger partial charge on any atom is 0.327 e. The first-order valence-corrected chi connectivity index (χ1v) is 12.7. The van der Waals surface area contributed by atoms with Crippen molar-refractivity contribution in [2.75, 3.05) is 50.8 Å². The molecule has 0 radical (unpaired) electrons. The Labute approximate surface area is 200 Å². The minimum absolute atomic E-state index is 0.327. The number of rotatable bonds is 10. The number of aromatic nitrogens is 2. The number of pyridine rings is 1. The average Bonchev–Trinajstić information content (AvgIpc) is 3.20. The first-order chi connectivity index (χ1) is 16.2. The van der Waals surface area contributed by atoms with Crippen LogP contribution in [0.25, 0.3) is 5.65 Å². The van der Waals surface area contributed by atoms with Crippen molar-refractivity contribution in [1.29, 1.82) is 0 Å². The molecule has 0 fully saturated rings. The van der Waals surface area contributed by atoms with Gasteiger partial charge in [0.05, 0.1) is 31.4 Å². The second kappa shape index (κ2) is 10.7. The van der Waals surface area contributed by atoms with Crippen LogP contribution in [-0.4, -0.2) is 68.8 Å².